The number of benzene rings is 1. The molecule has 1 aliphatic heterocycles. The van der Waals surface area contributed by atoms with Gasteiger partial charge in [0, 0.05) is 38.8 Å². The summed E-state index contributed by atoms with van der Waals surface area (Å²) in [5.41, 5.74) is 9.54. The molecule has 30 heavy (non-hydrogen) atoms. The van der Waals surface area contributed by atoms with E-state index in [9.17, 15) is 9.59 Å². The van der Waals surface area contributed by atoms with Crippen molar-refractivity contribution in [2.75, 3.05) is 37.6 Å². The first kappa shape index (κ1) is 23.3. The van der Waals surface area contributed by atoms with Gasteiger partial charge in [-0.3, -0.25) is 14.6 Å². The van der Waals surface area contributed by atoms with Gasteiger partial charge in [0.15, 0.2) is 0 Å². The molecule has 0 spiro atoms. The van der Waals surface area contributed by atoms with Crippen LogP contribution in [0.2, 0.25) is 0 Å². The second kappa shape index (κ2) is 11.3. The predicted molar refractivity (Wildman–Crippen MR) is 118 cm³/mol. The van der Waals surface area contributed by atoms with Crippen molar-refractivity contribution in [3.8, 4) is 0 Å². The van der Waals surface area contributed by atoms with E-state index in [4.69, 9.17) is 10.5 Å². The van der Waals surface area contributed by atoms with Crippen molar-refractivity contribution >= 4 is 17.6 Å². The van der Waals surface area contributed by atoms with Crippen LogP contribution in [-0.4, -0.2) is 54.5 Å². The number of piperazine rings is 1. The first-order valence-corrected chi connectivity index (χ1v) is 9.94. The van der Waals surface area contributed by atoms with E-state index in [1.54, 1.807) is 6.92 Å². The Bertz CT molecular complexity index is 813. The zero-order chi connectivity index (χ0) is 20.6. The number of pyridine rings is 1. The Balaban J connectivity index is 0.00000320. The highest BCUT2D eigenvalue weighted by Crippen LogP contribution is 2.17. The number of esters is 1. The van der Waals surface area contributed by atoms with Crippen LogP contribution in [0.3, 0.4) is 0 Å². The lowest BCUT2D eigenvalue weighted by atomic mass is 10.1. The van der Waals surface area contributed by atoms with Crippen molar-refractivity contribution in [1.29, 1.82) is 0 Å². The number of nitrogens with two attached hydrogens (primary N) is 1. The van der Waals surface area contributed by atoms with Gasteiger partial charge in [-0.15, -0.1) is 0 Å². The minimum Gasteiger partial charge on any atom is -0.460 e. The fourth-order valence-corrected chi connectivity index (χ4v) is 3.33. The third kappa shape index (κ3) is 6.56. The van der Waals surface area contributed by atoms with E-state index in [-0.39, 0.29) is 26.5 Å². The van der Waals surface area contributed by atoms with Gasteiger partial charge in [-0.05, 0) is 36.1 Å². The van der Waals surface area contributed by atoms with Gasteiger partial charge < -0.3 is 20.3 Å². The largest absolute Gasteiger partial charge is 0.460 e. The zero-order valence-electron chi connectivity index (χ0n) is 16.8. The van der Waals surface area contributed by atoms with Crippen LogP contribution in [0.5, 0.6) is 0 Å². The summed E-state index contributed by atoms with van der Waals surface area (Å²) in [7, 11) is 0. The van der Waals surface area contributed by atoms with Gasteiger partial charge in [0.1, 0.15) is 6.61 Å². The number of aryl methyl sites for hydroxylation is 2. The van der Waals surface area contributed by atoms with Crippen molar-refractivity contribution in [1.82, 2.24) is 9.88 Å². The van der Waals surface area contributed by atoms with E-state index in [0.717, 1.165) is 56.0 Å². The summed E-state index contributed by atoms with van der Waals surface area (Å²) < 4.78 is 5.03. The molecule has 7 heteroatoms. The highest BCUT2D eigenvalue weighted by Gasteiger charge is 2.18. The van der Waals surface area contributed by atoms with E-state index in [1.165, 1.54) is 5.56 Å². The fourth-order valence-electron chi connectivity index (χ4n) is 3.33. The van der Waals surface area contributed by atoms with Gasteiger partial charge in [0.05, 0.1) is 18.4 Å². The van der Waals surface area contributed by atoms with Crippen molar-refractivity contribution in [2.24, 2.45) is 5.73 Å². The molecule has 0 aliphatic carbocycles. The van der Waals surface area contributed by atoms with E-state index in [1.807, 2.05) is 23.2 Å². The number of hydrogen-bond donors (Lipinski definition) is 1. The first-order chi connectivity index (χ1) is 14.0. The number of ether oxygens (including phenoxy) is 1. The maximum Gasteiger partial charge on any atom is 0.320 e. The average Bonchev–Trinajstić information content (AvgIpc) is 2.77. The average molecular weight is 413 g/mol. The van der Waals surface area contributed by atoms with Gasteiger partial charge in [0.25, 0.3) is 0 Å². The summed E-state index contributed by atoms with van der Waals surface area (Å²) >= 11 is 0. The number of carbonyl (C=O) groups excluding carboxylic acids is 2. The summed E-state index contributed by atoms with van der Waals surface area (Å²) in [5, 5.41) is 0. The number of amides is 1. The van der Waals surface area contributed by atoms with Crippen LogP contribution < -0.4 is 10.6 Å². The Kier molecular flexibility index (Phi) is 8.80. The van der Waals surface area contributed by atoms with E-state index in [2.05, 4.69) is 34.1 Å². The third-order valence-electron chi connectivity index (χ3n) is 5.16. The summed E-state index contributed by atoms with van der Waals surface area (Å²) in [5.74, 6) is -0.257. The molecule has 1 aromatic carbocycles. The molecule has 2 heterocycles. The molecule has 0 unspecified atom stereocenters. The quantitative estimate of drug-likeness (QED) is 0.701. The molecule has 1 amide bonds. The number of aromatic nitrogens is 1. The molecule has 0 saturated carbocycles. The first-order valence-electron chi connectivity index (χ1n) is 9.94. The van der Waals surface area contributed by atoms with Crippen LogP contribution in [0.1, 0.15) is 31.2 Å². The molecule has 7 nitrogen and oxygen atoms in total. The monoisotopic (exact) mass is 412 g/mol. The van der Waals surface area contributed by atoms with Gasteiger partial charge in [-0.2, -0.15) is 0 Å². The molecule has 1 fully saturated rings. The second-order valence-electron chi connectivity index (χ2n) is 7.18. The lowest BCUT2D eigenvalue weighted by Crippen LogP contribution is -2.48. The summed E-state index contributed by atoms with van der Waals surface area (Å²) in [6.45, 7) is 4.98. The van der Waals surface area contributed by atoms with Crippen LogP contribution in [0.25, 0.3) is 0 Å². The lowest BCUT2D eigenvalue weighted by molar-refractivity contribution is -0.143. The molecule has 2 aromatic rings. The molecule has 1 aliphatic rings. The molecule has 162 valence electrons. The van der Waals surface area contributed by atoms with E-state index < -0.39 is 5.97 Å². The molecule has 3 rings (SSSR count). The van der Waals surface area contributed by atoms with Crippen LogP contribution in [0.4, 0.5) is 5.69 Å². The van der Waals surface area contributed by atoms with Gasteiger partial charge in [-0.25, -0.2) is 0 Å². The number of hydrogen-bond acceptors (Lipinski definition) is 6. The smallest absolute Gasteiger partial charge is 0.320 e. The topological polar surface area (TPSA) is 88.8 Å². The van der Waals surface area contributed by atoms with E-state index in [0.29, 0.717) is 0 Å². The summed E-state index contributed by atoms with van der Waals surface area (Å²) in [4.78, 5) is 31.3. The Morgan fingerprint density at radius 2 is 1.67 bits per heavy atom. The Hall–Kier alpha value is -2.93. The number of rotatable bonds is 7. The molecule has 0 atom stereocenters. The van der Waals surface area contributed by atoms with Crippen LogP contribution in [-0.2, 0) is 33.8 Å². The second-order valence-corrected chi connectivity index (χ2v) is 7.18. The molecular formula is C23H32N4O3. The number of anilines is 1. The van der Waals surface area contributed by atoms with E-state index >= 15 is 0 Å². The lowest BCUT2D eigenvalue weighted by Gasteiger charge is -2.35. The molecular weight excluding hydrogens is 380 g/mol. The maximum atomic E-state index is 11.4. The third-order valence-corrected chi connectivity index (χ3v) is 5.16. The SMILES string of the molecule is C.CC(=O)N1CCN(c2ccc(CCc3ccc(COC(=O)CN)cc3)nc2)CC1. The van der Waals surface area contributed by atoms with Gasteiger partial charge in [-0.1, -0.05) is 31.7 Å². The van der Waals surface area contributed by atoms with Crippen molar-refractivity contribution < 1.29 is 14.3 Å². The Labute approximate surface area is 178 Å². The minimum atomic E-state index is -0.399. The highest BCUT2D eigenvalue weighted by molar-refractivity contribution is 5.73. The van der Waals surface area contributed by atoms with Crippen LogP contribution >= 0.6 is 0 Å². The fraction of sp³-hybridized carbons (Fsp3) is 0.435. The van der Waals surface area contributed by atoms with Crippen molar-refractivity contribution in [3.63, 3.8) is 0 Å². The highest BCUT2D eigenvalue weighted by atomic mass is 16.5. The molecule has 1 saturated heterocycles. The Morgan fingerprint density at radius 3 is 2.23 bits per heavy atom. The van der Waals surface area contributed by atoms with Gasteiger partial charge >= 0.3 is 5.97 Å². The van der Waals surface area contributed by atoms with Crippen LogP contribution in [0, 0.1) is 0 Å². The molecule has 1 aromatic heterocycles. The molecule has 2 N–H and O–H groups in total. The van der Waals surface area contributed by atoms with Crippen molar-refractivity contribution in [2.45, 2.75) is 33.8 Å². The molecule has 0 bridgehead atoms. The number of carbonyl (C=O) groups is 2. The predicted octanol–water partition coefficient (Wildman–Crippen LogP) is 2.17. The van der Waals surface area contributed by atoms with Gasteiger partial charge in [0.2, 0.25) is 5.91 Å². The zero-order valence-corrected chi connectivity index (χ0v) is 16.8. The van der Waals surface area contributed by atoms with Crippen molar-refractivity contribution in [3.05, 3.63) is 59.4 Å². The minimum absolute atomic E-state index is 0. The standard InChI is InChI=1S/C22H28N4O3.CH4/c1-17(27)25-10-12-26(13-11-25)21-9-8-20(24-15-21)7-6-18-2-4-19(5-3-18)16-29-22(28)14-23;/h2-5,8-9,15H,6-7,10-14,16,23H2,1H3;1H4. The maximum absolute atomic E-state index is 11.4. The normalized spacial score (nSPS) is 13.5. The summed E-state index contributed by atoms with van der Waals surface area (Å²) in [6, 6.07) is 12.2. The Morgan fingerprint density at radius 1 is 1.00 bits per heavy atom. The summed E-state index contributed by atoms with van der Waals surface area (Å²) in [6.07, 6.45) is 3.68. The molecule has 0 radical (unpaired) electrons. The van der Waals surface area contributed by atoms with Crippen LogP contribution in [0.15, 0.2) is 42.6 Å². The number of nitrogens with zero attached hydrogens (tertiary/aromatic N) is 3.